The van der Waals surface area contributed by atoms with Gasteiger partial charge in [-0.05, 0) is 109 Å². The first-order valence-corrected chi connectivity index (χ1v) is 15.6. The van der Waals surface area contributed by atoms with Gasteiger partial charge in [0.05, 0.1) is 5.60 Å². The van der Waals surface area contributed by atoms with Crippen molar-refractivity contribution in [2.45, 2.75) is 118 Å². The molecule has 6 rings (SSSR count). The number of esters is 1. The Morgan fingerprint density at radius 2 is 1.69 bits per heavy atom. The first kappa shape index (κ1) is 27.7. The fourth-order valence-electron chi connectivity index (χ4n) is 12.3. The Morgan fingerprint density at radius 3 is 2.33 bits per heavy atom. The highest BCUT2D eigenvalue weighted by molar-refractivity contribution is 6.11. The predicted octanol–water partition coefficient (Wildman–Crippen LogP) is 6.31. The van der Waals surface area contributed by atoms with Gasteiger partial charge in [-0.1, -0.05) is 48.5 Å². The van der Waals surface area contributed by atoms with Gasteiger partial charge in [-0.15, -0.1) is 0 Å². The molecule has 39 heavy (non-hydrogen) atoms. The third-order valence-electron chi connectivity index (χ3n) is 14.8. The summed E-state index contributed by atoms with van der Waals surface area (Å²) in [5.74, 6) is 1.67. The van der Waals surface area contributed by atoms with Crippen LogP contribution in [0.1, 0.15) is 107 Å². The van der Waals surface area contributed by atoms with Crippen LogP contribution in [0.2, 0.25) is 0 Å². The number of rotatable bonds is 3. The lowest BCUT2D eigenvalue weighted by Gasteiger charge is -2.62. The molecule has 0 amide bonds. The smallest absolute Gasteiger partial charge is 0.302 e. The molecule has 0 aromatic heterocycles. The van der Waals surface area contributed by atoms with E-state index < -0.39 is 16.4 Å². The van der Waals surface area contributed by atoms with Crippen molar-refractivity contribution in [2.75, 3.05) is 0 Å². The predicted molar refractivity (Wildman–Crippen MR) is 149 cm³/mol. The van der Waals surface area contributed by atoms with Crippen molar-refractivity contribution in [3.63, 3.8) is 0 Å². The third kappa shape index (κ3) is 3.32. The molecular weight excluding hydrogens is 488 g/mol. The number of carbonyl (C=O) groups excluding carboxylic acids is 3. The minimum Gasteiger partial charge on any atom is -0.462 e. The van der Waals surface area contributed by atoms with Gasteiger partial charge in [0, 0.05) is 23.7 Å². The minimum atomic E-state index is -0.705. The number of ketones is 2. The Bertz CT molecular complexity index is 1160. The van der Waals surface area contributed by atoms with E-state index in [1.807, 2.05) is 6.92 Å². The number of aliphatic hydroxyl groups is 1. The lowest BCUT2D eigenvalue weighted by Crippen LogP contribution is -2.63. The molecule has 0 radical (unpaired) electrons. The number of fused-ring (bicyclic) bond motifs is 6. The van der Waals surface area contributed by atoms with Gasteiger partial charge in [-0.25, -0.2) is 0 Å². The van der Waals surface area contributed by atoms with Gasteiger partial charge in [-0.2, -0.15) is 0 Å². The number of hydrogen-bond donors (Lipinski definition) is 1. The van der Waals surface area contributed by atoms with Gasteiger partial charge >= 0.3 is 5.97 Å². The zero-order chi connectivity index (χ0) is 28.6. The van der Waals surface area contributed by atoms with Crippen LogP contribution in [0.3, 0.4) is 0 Å². The molecule has 0 spiro atoms. The zero-order valence-corrected chi connectivity index (χ0v) is 25.4. The van der Waals surface area contributed by atoms with E-state index in [-0.39, 0.29) is 63.6 Å². The molecule has 0 aliphatic heterocycles. The molecule has 0 bridgehead atoms. The van der Waals surface area contributed by atoms with E-state index >= 15 is 0 Å². The molecule has 0 aromatic rings. The van der Waals surface area contributed by atoms with Crippen molar-refractivity contribution in [3.05, 3.63) is 12.2 Å². The molecule has 13 atom stereocenters. The summed E-state index contributed by atoms with van der Waals surface area (Å²) < 4.78 is 6.18. The Labute approximate surface area is 234 Å². The summed E-state index contributed by atoms with van der Waals surface area (Å²) in [6.07, 6.45) is 10.3. The molecule has 1 N–H and O–H groups in total. The van der Waals surface area contributed by atoms with Crippen molar-refractivity contribution in [1.29, 1.82) is 0 Å². The lowest BCUT2D eigenvalue weighted by molar-refractivity contribution is -0.179. The van der Waals surface area contributed by atoms with Crippen LogP contribution in [0, 0.1) is 62.6 Å². The van der Waals surface area contributed by atoms with Crippen molar-refractivity contribution < 1.29 is 24.2 Å². The monoisotopic (exact) mass is 538 g/mol. The van der Waals surface area contributed by atoms with E-state index in [4.69, 9.17) is 4.74 Å². The number of hydrogen-bond acceptors (Lipinski definition) is 5. The van der Waals surface area contributed by atoms with E-state index in [0.29, 0.717) is 18.3 Å². The van der Waals surface area contributed by atoms with Gasteiger partial charge in [0.15, 0.2) is 11.6 Å². The van der Waals surface area contributed by atoms with Crippen LogP contribution in [0.4, 0.5) is 0 Å². The normalized spacial score (nSPS) is 56.6. The highest BCUT2D eigenvalue weighted by atomic mass is 16.5. The second-order valence-electron chi connectivity index (χ2n) is 16.4. The van der Waals surface area contributed by atoms with Crippen molar-refractivity contribution in [2.24, 2.45) is 62.6 Å². The maximum Gasteiger partial charge on any atom is 0.302 e. The summed E-state index contributed by atoms with van der Waals surface area (Å²) in [5.41, 5.74) is -1.74. The quantitative estimate of drug-likeness (QED) is 0.426. The highest BCUT2D eigenvalue weighted by Gasteiger charge is 2.73. The van der Waals surface area contributed by atoms with Crippen molar-refractivity contribution in [1.82, 2.24) is 0 Å². The molecule has 5 saturated carbocycles. The average Bonchev–Trinajstić information content (AvgIpc) is 3.29. The fraction of sp³-hybridized carbons (Fsp3) is 0.853. The molecule has 5 heteroatoms. The van der Waals surface area contributed by atoms with E-state index in [1.54, 1.807) is 0 Å². The maximum absolute atomic E-state index is 13.6. The van der Waals surface area contributed by atoms with E-state index in [9.17, 15) is 19.5 Å². The second kappa shape index (κ2) is 8.07. The molecule has 6 aliphatic rings. The van der Waals surface area contributed by atoms with Crippen molar-refractivity contribution in [3.8, 4) is 0 Å². The van der Waals surface area contributed by atoms with Crippen LogP contribution in [-0.2, 0) is 19.1 Å². The molecule has 5 nitrogen and oxygen atoms in total. The van der Waals surface area contributed by atoms with Gasteiger partial charge in [0.2, 0.25) is 0 Å². The Hall–Kier alpha value is -1.49. The summed E-state index contributed by atoms with van der Waals surface area (Å²) in [7, 11) is 0. The number of allylic oxidation sites excluding steroid dienone is 2. The summed E-state index contributed by atoms with van der Waals surface area (Å²) in [5, 5.41) is 11.2. The summed E-state index contributed by atoms with van der Waals surface area (Å²) in [6.45, 7) is 17.5. The van der Waals surface area contributed by atoms with Crippen LogP contribution in [0.25, 0.3) is 0 Å². The molecular formula is C34H50O5. The van der Waals surface area contributed by atoms with E-state index in [2.05, 4.69) is 41.5 Å². The Morgan fingerprint density at radius 1 is 1.03 bits per heavy atom. The molecule has 216 valence electrons. The fourth-order valence-corrected chi connectivity index (χ4v) is 12.3. The zero-order valence-electron chi connectivity index (χ0n) is 25.4. The van der Waals surface area contributed by atoms with Gasteiger partial charge in [-0.3, -0.25) is 14.4 Å². The Balaban J connectivity index is 1.36. The highest BCUT2D eigenvalue weighted by Crippen LogP contribution is 2.75. The summed E-state index contributed by atoms with van der Waals surface area (Å²) in [4.78, 5) is 39.2. The molecule has 0 saturated heterocycles. The average molecular weight is 539 g/mol. The lowest BCUT2D eigenvalue weighted by atomic mass is 9.40. The topological polar surface area (TPSA) is 80.7 Å². The van der Waals surface area contributed by atoms with E-state index in [1.165, 1.54) is 19.1 Å². The molecule has 0 heterocycles. The first-order chi connectivity index (χ1) is 18.0. The van der Waals surface area contributed by atoms with E-state index in [0.717, 1.165) is 44.9 Å². The largest absolute Gasteiger partial charge is 0.462 e. The molecule has 6 aliphatic carbocycles. The standard InChI is InChI=1S/C34H50O5/c1-19-16-29(4,17-30(5)18-34(19,30)38)20(2)24-15-25(39-21(3)35)28-22-11-14-32(7)26(36)9-10-27(37)33(32,8)23(22)12-13-31(24,28)6/h9-10,19-20,22-25,28,38H,11-18H2,1-8H3. The van der Waals surface area contributed by atoms with Crippen LogP contribution >= 0.6 is 0 Å². The molecule has 0 aromatic carbocycles. The SMILES string of the molecule is CC(=O)OC1CC(C(C)C2(C)CC(C)C3(O)CC3(C)C2)C2(C)CCC3C(CCC4(C)C(=O)C=CC(=O)C34C)C12. The van der Waals surface area contributed by atoms with Crippen LogP contribution in [-0.4, -0.2) is 34.3 Å². The van der Waals surface area contributed by atoms with Crippen LogP contribution in [0.15, 0.2) is 12.2 Å². The summed E-state index contributed by atoms with van der Waals surface area (Å²) in [6, 6.07) is 0. The maximum atomic E-state index is 13.6. The summed E-state index contributed by atoms with van der Waals surface area (Å²) >= 11 is 0. The van der Waals surface area contributed by atoms with Crippen molar-refractivity contribution >= 4 is 17.5 Å². The minimum absolute atomic E-state index is 0.00332. The Kier molecular flexibility index (Phi) is 5.73. The van der Waals surface area contributed by atoms with Crippen LogP contribution < -0.4 is 0 Å². The number of carbonyl (C=O) groups is 3. The molecule has 13 unspecified atom stereocenters. The van der Waals surface area contributed by atoms with Gasteiger partial charge in [0.1, 0.15) is 6.10 Å². The van der Waals surface area contributed by atoms with Gasteiger partial charge < -0.3 is 9.84 Å². The first-order valence-electron chi connectivity index (χ1n) is 15.6. The van der Waals surface area contributed by atoms with Crippen LogP contribution in [0.5, 0.6) is 0 Å². The third-order valence-corrected chi connectivity index (χ3v) is 14.8. The second-order valence-corrected chi connectivity index (χ2v) is 16.4. The molecule has 5 fully saturated rings. The van der Waals surface area contributed by atoms with Gasteiger partial charge in [0.25, 0.3) is 0 Å². The number of ether oxygens (including phenoxy) is 1.